The smallest absolute Gasteiger partial charge is 0.306 e. The van der Waals surface area contributed by atoms with Gasteiger partial charge in [0, 0.05) is 13.0 Å². The molecule has 0 saturated heterocycles. The van der Waals surface area contributed by atoms with Crippen LogP contribution in [0.1, 0.15) is 251 Å². The van der Waals surface area contributed by atoms with Crippen LogP contribution in [-0.4, -0.2) is 70.7 Å². The number of carbonyl (C=O) groups is 1. The normalized spacial score (nSPS) is 13.8. The summed E-state index contributed by atoms with van der Waals surface area (Å²) in [6.45, 7) is 5.43. The molecule has 0 N–H and O–H groups in total. The lowest BCUT2D eigenvalue weighted by Gasteiger charge is -2.28. The van der Waals surface area contributed by atoms with Crippen LogP contribution >= 0.6 is 7.82 Å². The number of phosphoric ester groups is 1. The van der Waals surface area contributed by atoms with E-state index in [1.165, 1.54) is 180 Å². The molecular formula is C55H106NO7P. The minimum Gasteiger partial charge on any atom is -0.756 e. The van der Waals surface area contributed by atoms with E-state index < -0.39 is 13.9 Å². The van der Waals surface area contributed by atoms with Crippen molar-refractivity contribution < 1.29 is 37.3 Å². The molecule has 0 rings (SSSR count). The number of ether oxygens (including phenoxy) is 2. The molecule has 378 valence electrons. The van der Waals surface area contributed by atoms with Crippen LogP contribution in [0.5, 0.6) is 0 Å². The van der Waals surface area contributed by atoms with Crippen molar-refractivity contribution in [2.75, 3.05) is 54.1 Å². The maximum Gasteiger partial charge on any atom is 0.306 e. The fourth-order valence-electron chi connectivity index (χ4n) is 7.69. The van der Waals surface area contributed by atoms with Crippen molar-refractivity contribution >= 4 is 13.8 Å². The van der Waals surface area contributed by atoms with E-state index in [1.54, 1.807) is 0 Å². The van der Waals surface area contributed by atoms with Gasteiger partial charge in [-0.05, 0) is 70.6 Å². The molecule has 8 nitrogen and oxygen atoms in total. The molecule has 0 aliphatic rings. The van der Waals surface area contributed by atoms with Crippen molar-refractivity contribution in [2.45, 2.75) is 258 Å². The lowest BCUT2D eigenvalue weighted by Crippen LogP contribution is -2.37. The molecule has 64 heavy (non-hydrogen) atoms. The molecule has 2 atom stereocenters. The van der Waals surface area contributed by atoms with Crippen LogP contribution in [0, 0.1) is 0 Å². The molecule has 0 radical (unpaired) electrons. The summed E-state index contributed by atoms with van der Waals surface area (Å²) >= 11 is 0. The molecule has 0 aromatic carbocycles. The molecule has 9 heteroatoms. The van der Waals surface area contributed by atoms with E-state index >= 15 is 0 Å². The van der Waals surface area contributed by atoms with Crippen LogP contribution in [0.3, 0.4) is 0 Å². The average Bonchev–Trinajstić information content (AvgIpc) is 3.25. The molecule has 0 fully saturated rings. The van der Waals surface area contributed by atoms with Crippen molar-refractivity contribution in [3.63, 3.8) is 0 Å². The summed E-state index contributed by atoms with van der Waals surface area (Å²) in [4.78, 5) is 25.2. The zero-order valence-electron chi connectivity index (χ0n) is 43.0. The second-order valence-corrected chi connectivity index (χ2v) is 21.0. The highest BCUT2D eigenvalue weighted by Gasteiger charge is 2.20. The topological polar surface area (TPSA) is 94.1 Å². The number of hydrogen-bond donors (Lipinski definition) is 0. The second-order valence-electron chi connectivity index (χ2n) is 19.6. The van der Waals surface area contributed by atoms with Gasteiger partial charge in [0.05, 0.1) is 34.4 Å². The Morgan fingerprint density at radius 1 is 0.484 bits per heavy atom. The standard InChI is InChI=1S/C55H106NO7P/c1-6-8-10-12-14-16-18-20-22-24-25-26-27-28-29-30-31-32-33-35-37-39-41-43-45-47-50-60-52-54(53-62-64(58,59)61-51-49-56(3,4)5)63-55(57)48-46-44-42-40-38-36-34-23-21-19-17-15-13-11-9-7-2/h18,20,23-25,34,54H,6-17,19,21-22,26-33,35-53H2,1-5H3/b20-18-,25-24-,34-23-. The van der Waals surface area contributed by atoms with Crippen LogP contribution in [-0.2, 0) is 27.9 Å². The maximum absolute atomic E-state index is 12.7. The van der Waals surface area contributed by atoms with Gasteiger partial charge in [-0.15, -0.1) is 0 Å². The van der Waals surface area contributed by atoms with Crippen LogP contribution in [0.2, 0.25) is 0 Å². The molecule has 0 aromatic heterocycles. The molecule has 2 unspecified atom stereocenters. The first kappa shape index (κ1) is 62.7. The van der Waals surface area contributed by atoms with Crippen LogP contribution in [0.25, 0.3) is 0 Å². The van der Waals surface area contributed by atoms with Crippen LogP contribution in [0.15, 0.2) is 36.5 Å². The summed E-state index contributed by atoms with van der Waals surface area (Å²) in [5.41, 5.74) is 0. The molecule has 0 heterocycles. The summed E-state index contributed by atoms with van der Waals surface area (Å²) in [5, 5.41) is 0. The zero-order chi connectivity index (χ0) is 46.9. The SMILES string of the molecule is CCCCCCC/C=C\C/C=C\CCCCCCCCCCCCCCCCOCC(COP(=O)([O-])OCC[N+](C)(C)C)OC(=O)CCCCCCC/C=C\CCCCCCCCC. The first-order valence-electron chi connectivity index (χ1n) is 27.2. The van der Waals surface area contributed by atoms with E-state index in [9.17, 15) is 14.3 Å². The third kappa shape index (κ3) is 51.7. The lowest BCUT2D eigenvalue weighted by atomic mass is 10.0. The third-order valence-corrected chi connectivity index (χ3v) is 12.9. The van der Waals surface area contributed by atoms with E-state index in [0.717, 1.165) is 51.4 Å². The van der Waals surface area contributed by atoms with E-state index in [1.807, 2.05) is 21.1 Å². The Hall–Kier alpha value is -1.28. The minimum atomic E-state index is -4.53. The van der Waals surface area contributed by atoms with Crippen molar-refractivity contribution in [3.05, 3.63) is 36.5 Å². The monoisotopic (exact) mass is 924 g/mol. The summed E-state index contributed by atoms with van der Waals surface area (Å²) in [5.74, 6) is -0.339. The van der Waals surface area contributed by atoms with E-state index in [2.05, 4.69) is 50.3 Å². The average molecular weight is 924 g/mol. The van der Waals surface area contributed by atoms with Crippen molar-refractivity contribution in [3.8, 4) is 0 Å². The largest absolute Gasteiger partial charge is 0.756 e. The Bertz CT molecular complexity index is 1120. The highest BCUT2D eigenvalue weighted by molar-refractivity contribution is 7.45. The first-order valence-corrected chi connectivity index (χ1v) is 28.7. The Labute approximate surface area is 397 Å². The van der Waals surface area contributed by atoms with Gasteiger partial charge in [0.25, 0.3) is 7.82 Å². The summed E-state index contributed by atoms with van der Waals surface area (Å²) in [7, 11) is 1.36. The summed E-state index contributed by atoms with van der Waals surface area (Å²) in [6.07, 6.45) is 58.9. The molecule has 0 amide bonds. The quantitative estimate of drug-likeness (QED) is 0.0197. The fraction of sp³-hybridized carbons (Fsp3) is 0.873. The highest BCUT2D eigenvalue weighted by Crippen LogP contribution is 2.38. The minimum absolute atomic E-state index is 0.0254. The Balaban J connectivity index is 4.05. The van der Waals surface area contributed by atoms with Gasteiger partial charge in [0.15, 0.2) is 0 Å². The van der Waals surface area contributed by atoms with E-state index in [4.69, 9.17) is 18.5 Å². The highest BCUT2D eigenvalue weighted by atomic mass is 31.2. The van der Waals surface area contributed by atoms with Crippen molar-refractivity contribution in [1.82, 2.24) is 0 Å². The summed E-state index contributed by atoms with van der Waals surface area (Å²) < 4.78 is 34.8. The summed E-state index contributed by atoms with van der Waals surface area (Å²) in [6, 6.07) is 0. The van der Waals surface area contributed by atoms with Gasteiger partial charge in [-0.25, -0.2) is 0 Å². The molecule has 0 spiro atoms. The third-order valence-electron chi connectivity index (χ3n) is 11.9. The van der Waals surface area contributed by atoms with E-state index in [0.29, 0.717) is 24.1 Å². The molecule has 0 aliphatic carbocycles. The Morgan fingerprint density at radius 3 is 1.28 bits per heavy atom. The van der Waals surface area contributed by atoms with Gasteiger partial charge in [-0.1, -0.05) is 211 Å². The molecule has 0 bridgehead atoms. The number of allylic oxidation sites excluding steroid dienone is 6. The predicted molar refractivity (Wildman–Crippen MR) is 273 cm³/mol. The lowest BCUT2D eigenvalue weighted by molar-refractivity contribution is -0.870. The number of quaternary nitrogens is 1. The number of likely N-dealkylation sites (N-methyl/N-ethyl adjacent to an activating group) is 1. The van der Waals surface area contributed by atoms with Crippen molar-refractivity contribution in [1.29, 1.82) is 0 Å². The second kappa shape index (κ2) is 48.2. The molecular weight excluding hydrogens is 818 g/mol. The van der Waals surface area contributed by atoms with Gasteiger partial charge in [-0.3, -0.25) is 9.36 Å². The number of esters is 1. The van der Waals surface area contributed by atoms with Crippen molar-refractivity contribution in [2.24, 2.45) is 0 Å². The Morgan fingerprint density at radius 2 is 0.859 bits per heavy atom. The van der Waals surface area contributed by atoms with Gasteiger partial charge >= 0.3 is 5.97 Å². The van der Waals surface area contributed by atoms with Crippen LogP contribution in [0.4, 0.5) is 0 Å². The van der Waals surface area contributed by atoms with Gasteiger partial charge in [0.2, 0.25) is 0 Å². The Kier molecular flexibility index (Phi) is 47.2. The van der Waals surface area contributed by atoms with E-state index in [-0.39, 0.29) is 25.8 Å². The van der Waals surface area contributed by atoms with Gasteiger partial charge in [0.1, 0.15) is 19.3 Å². The number of rotatable bonds is 51. The number of carbonyl (C=O) groups excluding carboxylic acids is 1. The first-order chi connectivity index (χ1) is 31.1. The number of hydrogen-bond acceptors (Lipinski definition) is 7. The van der Waals surface area contributed by atoms with Gasteiger partial charge in [-0.2, -0.15) is 0 Å². The fourth-order valence-corrected chi connectivity index (χ4v) is 8.42. The molecule has 0 saturated carbocycles. The number of phosphoric acid groups is 1. The zero-order valence-corrected chi connectivity index (χ0v) is 43.9. The molecule has 0 aromatic rings. The predicted octanol–water partition coefficient (Wildman–Crippen LogP) is 16.3. The number of nitrogens with zero attached hydrogens (tertiary/aromatic N) is 1. The number of unbranched alkanes of at least 4 members (excludes halogenated alkanes) is 31. The maximum atomic E-state index is 12.7. The van der Waals surface area contributed by atoms with Crippen LogP contribution < -0.4 is 4.89 Å². The molecule has 0 aliphatic heterocycles. The van der Waals surface area contributed by atoms with Gasteiger partial charge < -0.3 is 27.9 Å².